The number of ether oxygens (including phenoxy) is 1. The van der Waals surface area contributed by atoms with E-state index >= 15 is 0 Å². The zero-order chi connectivity index (χ0) is 13.4. The molecule has 0 radical (unpaired) electrons. The van der Waals surface area contributed by atoms with Gasteiger partial charge in [0, 0.05) is 12.4 Å². The Balaban J connectivity index is 2.25. The Bertz CT molecular complexity index is 436. The van der Waals surface area contributed by atoms with Crippen molar-refractivity contribution in [3.63, 3.8) is 0 Å². The van der Waals surface area contributed by atoms with E-state index in [1.165, 1.54) is 0 Å². The predicted molar refractivity (Wildman–Crippen MR) is 73.6 cm³/mol. The maximum atomic E-state index is 11.6. The van der Waals surface area contributed by atoms with Crippen LogP contribution in [-0.2, 0) is 10.0 Å². The Morgan fingerprint density at radius 3 is 2.61 bits per heavy atom. The van der Waals surface area contributed by atoms with E-state index in [0.29, 0.717) is 12.5 Å². The van der Waals surface area contributed by atoms with Gasteiger partial charge in [-0.3, -0.25) is 0 Å². The lowest BCUT2D eigenvalue weighted by molar-refractivity contribution is 0.322. The van der Waals surface area contributed by atoms with Crippen LogP contribution in [0, 0.1) is 5.92 Å². The Kier molecular flexibility index (Phi) is 6.46. The molecule has 1 aromatic rings. The monoisotopic (exact) mass is 291 g/mol. The first-order chi connectivity index (χ1) is 8.53. The Hall–Kier alpha value is -0.780. The van der Waals surface area contributed by atoms with Crippen molar-refractivity contribution in [3.8, 4) is 5.75 Å². The minimum atomic E-state index is -3.26. The molecule has 0 aliphatic rings. The van der Waals surface area contributed by atoms with E-state index < -0.39 is 10.0 Å². The fourth-order valence-corrected chi connectivity index (χ4v) is 2.98. The standard InChI is InChI=1S/C12H18ClNO3S/c1-11(9-13)10-18(15,16)14-7-8-17-12-5-3-2-4-6-12/h2-6,11,14H,7-10H2,1H3. The van der Waals surface area contributed by atoms with Crippen LogP contribution in [-0.4, -0.2) is 33.2 Å². The summed E-state index contributed by atoms with van der Waals surface area (Å²) in [5.41, 5.74) is 0. The number of sulfonamides is 1. The van der Waals surface area contributed by atoms with Crippen molar-refractivity contribution in [2.45, 2.75) is 6.92 Å². The van der Waals surface area contributed by atoms with Gasteiger partial charge in [-0.05, 0) is 18.1 Å². The predicted octanol–water partition coefficient (Wildman–Crippen LogP) is 1.86. The van der Waals surface area contributed by atoms with Crippen molar-refractivity contribution in [2.24, 2.45) is 5.92 Å². The Labute approximate surface area is 113 Å². The smallest absolute Gasteiger partial charge is 0.212 e. The van der Waals surface area contributed by atoms with E-state index in [0.717, 1.165) is 5.75 Å². The maximum absolute atomic E-state index is 11.6. The van der Waals surface area contributed by atoms with Crippen LogP contribution >= 0.6 is 11.6 Å². The quantitative estimate of drug-likeness (QED) is 0.587. The molecule has 0 aliphatic heterocycles. The largest absolute Gasteiger partial charge is 0.492 e. The first-order valence-corrected chi connectivity index (χ1v) is 7.93. The van der Waals surface area contributed by atoms with Crippen LogP contribution in [0.5, 0.6) is 5.75 Å². The summed E-state index contributed by atoms with van der Waals surface area (Å²) in [7, 11) is -3.26. The molecule has 0 heterocycles. The van der Waals surface area contributed by atoms with Crippen LogP contribution in [0.4, 0.5) is 0 Å². The molecule has 0 bridgehead atoms. The summed E-state index contributed by atoms with van der Waals surface area (Å²) in [5, 5.41) is 0. The van der Waals surface area contributed by atoms with Gasteiger partial charge >= 0.3 is 0 Å². The van der Waals surface area contributed by atoms with Crippen molar-refractivity contribution in [3.05, 3.63) is 30.3 Å². The van der Waals surface area contributed by atoms with Crippen molar-refractivity contribution in [1.29, 1.82) is 0 Å². The number of nitrogens with one attached hydrogen (secondary N) is 1. The van der Waals surface area contributed by atoms with Gasteiger partial charge in [-0.15, -0.1) is 11.6 Å². The summed E-state index contributed by atoms with van der Waals surface area (Å²) in [6.45, 7) is 2.36. The number of alkyl halides is 1. The van der Waals surface area contributed by atoms with Gasteiger partial charge in [0.25, 0.3) is 0 Å². The van der Waals surface area contributed by atoms with E-state index in [-0.39, 0.29) is 18.2 Å². The highest BCUT2D eigenvalue weighted by Crippen LogP contribution is 2.07. The lowest BCUT2D eigenvalue weighted by atomic mass is 10.3. The molecule has 4 nitrogen and oxygen atoms in total. The second-order valence-electron chi connectivity index (χ2n) is 4.10. The van der Waals surface area contributed by atoms with Crippen LogP contribution in [0.1, 0.15) is 6.92 Å². The summed E-state index contributed by atoms with van der Waals surface area (Å²) < 4.78 is 31.0. The van der Waals surface area contributed by atoms with E-state index in [1.54, 1.807) is 6.92 Å². The summed E-state index contributed by atoms with van der Waals surface area (Å²) in [4.78, 5) is 0. The minimum Gasteiger partial charge on any atom is -0.492 e. The average molecular weight is 292 g/mol. The van der Waals surface area contributed by atoms with Gasteiger partial charge in [-0.1, -0.05) is 25.1 Å². The molecule has 0 saturated heterocycles. The molecule has 0 fully saturated rings. The first-order valence-electron chi connectivity index (χ1n) is 5.74. The summed E-state index contributed by atoms with van der Waals surface area (Å²) >= 11 is 5.58. The van der Waals surface area contributed by atoms with Gasteiger partial charge in [-0.2, -0.15) is 0 Å². The molecular weight excluding hydrogens is 274 g/mol. The fourth-order valence-electron chi connectivity index (χ4n) is 1.36. The number of hydrogen-bond donors (Lipinski definition) is 1. The summed E-state index contributed by atoms with van der Waals surface area (Å²) in [6, 6.07) is 9.26. The number of para-hydroxylation sites is 1. The van der Waals surface area contributed by atoms with Crippen molar-refractivity contribution >= 4 is 21.6 Å². The third-order valence-corrected chi connectivity index (χ3v) is 4.38. The van der Waals surface area contributed by atoms with E-state index in [1.807, 2.05) is 30.3 Å². The first kappa shape index (κ1) is 15.3. The molecule has 6 heteroatoms. The molecule has 1 aromatic carbocycles. The molecule has 102 valence electrons. The van der Waals surface area contributed by atoms with Gasteiger partial charge < -0.3 is 4.74 Å². The van der Waals surface area contributed by atoms with Crippen LogP contribution < -0.4 is 9.46 Å². The van der Waals surface area contributed by atoms with Gasteiger partial charge in [0.05, 0.1) is 5.75 Å². The molecule has 0 aliphatic carbocycles. The van der Waals surface area contributed by atoms with Crippen LogP contribution in [0.15, 0.2) is 30.3 Å². The summed E-state index contributed by atoms with van der Waals surface area (Å²) in [6.07, 6.45) is 0. The minimum absolute atomic E-state index is 0.0435. The number of rotatable bonds is 8. The molecule has 1 atom stereocenters. The molecular formula is C12H18ClNO3S. The zero-order valence-electron chi connectivity index (χ0n) is 10.3. The van der Waals surface area contributed by atoms with E-state index in [2.05, 4.69) is 4.72 Å². The van der Waals surface area contributed by atoms with E-state index in [9.17, 15) is 8.42 Å². The number of benzene rings is 1. The molecule has 1 N–H and O–H groups in total. The fraction of sp³-hybridized carbons (Fsp3) is 0.500. The second-order valence-corrected chi connectivity index (χ2v) is 6.26. The number of halogens is 1. The molecule has 0 spiro atoms. The number of hydrogen-bond acceptors (Lipinski definition) is 3. The van der Waals surface area contributed by atoms with Gasteiger partial charge in [0.1, 0.15) is 12.4 Å². The summed E-state index contributed by atoms with van der Waals surface area (Å²) in [5.74, 6) is 1.05. The molecule has 0 aromatic heterocycles. The second kappa shape index (κ2) is 7.61. The highest BCUT2D eigenvalue weighted by Gasteiger charge is 2.14. The third-order valence-electron chi connectivity index (χ3n) is 2.20. The Morgan fingerprint density at radius 1 is 1.33 bits per heavy atom. The lowest BCUT2D eigenvalue weighted by Crippen LogP contribution is -2.32. The average Bonchev–Trinajstić information content (AvgIpc) is 2.35. The molecule has 18 heavy (non-hydrogen) atoms. The van der Waals surface area contributed by atoms with Crippen molar-refractivity contribution < 1.29 is 13.2 Å². The van der Waals surface area contributed by atoms with Crippen molar-refractivity contribution in [1.82, 2.24) is 4.72 Å². The molecule has 1 rings (SSSR count). The van der Waals surface area contributed by atoms with Crippen LogP contribution in [0.3, 0.4) is 0 Å². The van der Waals surface area contributed by atoms with Crippen LogP contribution in [0.25, 0.3) is 0 Å². The molecule has 1 unspecified atom stereocenters. The topological polar surface area (TPSA) is 55.4 Å². The van der Waals surface area contributed by atoms with Gasteiger partial charge in [-0.25, -0.2) is 13.1 Å². The van der Waals surface area contributed by atoms with Gasteiger partial charge in [0.15, 0.2) is 0 Å². The SMILES string of the molecule is CC(CCl)CS(=O)(=O)NCCOc1ccccc1. The zero-order valence-corrected chi connectivity index (χ0v) is 11.9. The highest BCUT2D eigenvalue weighted by atomic mass is 35.5. The lowest BCUT2D eigenvalue weighted by Gasteiger charge is -2.10. The Morgan fingerprint density at radius 2 is 2.00 bits per heavy atom. The molecule has 0 amide bonds. The normalized spacial score (nSPS) is 13.2. The van der Waals surface area contributed by atoms with E-state index in [4.69, 9.17) is 16.3 Å². The van der Waals surface area contributed by atoms with Gasteiger partial charge in [0.2, 0.25) is 10.0 Å². The van der Waals surface area contributed by atoms with Crippen molar-refractivity contribution in [2.75, 3.05) is 24.8 Å². The molecule has 0 saturated carbocycles. The third kappa shape index (κ3) is 6.23. The maximum Gasteiger partial charge on any atom is 0.212 e. The highest BCUT2D eigenvalue weighted by molar-refractivity contribution is 7.89. The van der Waals surface area contributed by atoms with Crippen LogP contribution in [0.2, 0.25) is 0 Å².